The molecule has 11 heteroatoms. The van der Waals surface area contributed by atoms with Crippen molar-refractivity contribution in [3.63, 3.8) is 0 Å². The predicted molar refractivity (Wildman–Crippen MR) is 122 cm³/mol. The minimum absolute atomic E-state index is 0.112. The van der Waals surface area contributed by atoms with Gasteiger partial charge in [-0.2, -0.15) is 0 Å². The number of hydrogen-bond acceptors (Lipinski definition) is 4. The van der Waals surface area contributed by atoms with E-state index < -0.39 is 77.1 Å². The van der Waals surface area contributed by atoms with Crippen LogP contribution in [-0.4, -0.2) is 29.3 Å². The second-order valence-electron chi connectivity index (χ2n) is 8.41. The van der Waals surface area contributed by atoms with Gasteiger partial charge >= 0.3 is 205 Å². The third-order valence-electron chi connectivity index (χ3n) is 6.17. The van der Waals surface area contributed by atoms with Crippen molar-refractivity contribution in [2.24, 2.45) is 0 Å². The van der Waals surface area contributed by atoms with E-state index in [0.29, 0.717) is 7.76 Å². The van der Waals surface area contributed by atoms with Crippen molar-refractivity contribution in [1.29, 1.82) is 0 Å². The van der Waals surface area contributed by atoms with Crippen LogP contribution in [0.15, 0.2) is 78.3 Å². The number of allylic oxidation sites excluding steroid dienone is 8. The number of benzene rings is 2. The summed E-state index contributed by atoms with van der Waals surface area (Å²) in [6.45, 7) is 0. The molecule has 0 spiro atoms. The molecule has 0 amide bonds. The molecule has 0 bridgehead atoms. The summed E-state index contributed by atoms with van der Waals surface area (Å²) in [6, 6.07) is 3.10. The van der Waals surface area contributed by atoms with E-state index in [1.54, 1.807) is 24.3 Å². The van der Waals surface area contributed by atoms with Gasteiger partial charge in [-0.3, -0.25) is 0 Å². The molecule has 0 unspecified atom stereocenters. The van der Waals surface area contributed by atoms with Gasteiger partial charge in [0.25, 0.3) is 0 Å². The van der Waals surface area contributed by atoms with Crippen LogP contribution in [0, 0.1) is 23.3 Å². The van der Waals surface area contributed by atoms with E-state index in [4.69, 9.17) is 0 Å². The third kappa shape index (κ3) is 4.20. The van der Waals surface area contributed by atoms with Crippen molar-refractivity contribution >= 4 is 27.4 Å². The molecule has 0 atom stereocenters. The van der Waals surface area contributed by atoms with Crippen molar-refractivity contribution in [2.75, 3.05) is 12.5 Å². The molecule has 0 radical (unpaired) electrons. The van der Waals surface area contributed by atoms with E-state index in [2.05, 4.69) is 0 Å². The van der Waals surface area contributed by atoms with Gasteiger partial charge < -0.3 is 0 Å². The standard InChI is InChI=1S/2C7H5F2O2S.2C5H5.Ti/c2*1-12(10,11)7-3-2-5(8)4-6(7)9;2*1-2-4-5-3-1;/h2*2-3H,1H3;2*1-3H,4H2;. The quantitative estimate of drug-likeness (QED) is 0.306. The molecule has 0 aliphatic heterocycles. The molecule has 0 fully saturated rings. The molecule has 2 aromatic carbocycles. The molecule has 35 heavy (non-hydrogen) atoms. The number of rotatable bonds is 6. The molecule has 0 saturated heterocycles. The first-order valence-corrected chi connectivity index (χ1v) is 17.3. The van der Waals surface area contributed by atoms with Gasteiger partial charge in [-0.25, -0.2) is 0 Å². The number of halogens is 4. The Bertz CT molecular complexity index is 1470. The van der Waals surface area contributed by atoms with Crippen LogP contribution in [0.25, 0.3) is 0 Å². The zero-order valence-corrected chi connectivity index (χ0v) is 21.8. The summed E-state index contributed by atoms with van der Waals surface area (Å²) in [6.07, 6.45) is 11.3. The van der Waals surface area contributed by atoms with Crippen molar-refractivity contribution in [1.82, 2.24) is 0 Å². The zero-order valence-electron chi connectivity index (χ0n) is 18.6. The monoisotopic (exact) mass is 560 g/mol. The molecule has 4 nitrogen and oxygen atoms in total. The summed E-state index contributed by atoms with van der Waals surface area (Å²) in [5.74, 6) is -5.15. The van der Waals surface area contributed by atoms with E-state index in [1.807, 2.05) is 0 Å². The molecule has 0 heterocycles. The first-order valence-electron chi connectivity index (χ1n) is 10.4. The van der Waals surface area contributed by atoms with Crippen LogP contribution in [0.1, 0.15) is 12.8 Å². The van der Waals surface area contributed by atoms with E-state index in [0.717, 1.165) is 36.8 Å². The van der Waals surface area contributed by atoms with Gasteiger partial charge in [0.05, 0.1) is 0 Å². The van der Waals surface area contributed by atoms with Crippen LogP contribution in [0.2, 0.25) is 0 Å². The summed E-state index contributed by atoms with van der Waals surface area (Å²) >= 11 is -5.28. The Balaban J connectivity index is 2.29. The predicted octanol–water partition coefficient (Wildman–Crippen LogP) is 3.84. The van der Waals surface area contributed by atoms with Gasteiger partial charge in [0.2, 0.25) is 0 Å². The second-order valence-corrected chi connectivity index (χ2v) is 18.3. The summed E-state index contributed by atoms with van der Waals surface area (Å²) < 4.78 is 112. The summed E-state index contributed by atoms with van der Waals surface area (Å²) in [4.78, 5) is -1.61. The first kappa shape index (κ1) is 25.8. The van der Waals surface area contributed by atoms with Gasteiger partial charge in [-0.05, 0) is 0 Å². The Hall–Kier alpha value is -2.27. The molecule has 0 aromatic heterocycles. The molecule has 0 N–H and O–H groups in total. The third-order valence-corrected chi connectivity index (χ3v) is 16.3. The first-order chi connectivity index (χ1) is 16.3. The molecular formula is C24H20F4O4S2Ti. The van der Waals surface area contributed by atoms with Crippen LogP contribution < -0.4 is 7.74 Å². The summed E-state index contributed by atoms with van der Waals surface area (Å²) in [5, 5.41) is 0. The van der Waals surface area contributed by atoms with Gasteiger partial charge in [0.1, 0.15) is 0 Å². The fourth-order valence-corrected chi connectivity index (χ4v) is 14.8. The second kappa shape index (κ2) is 8.99. The fraction of sp³-hybridized carbons (Fsp3) is 0.167. The van der Waals surface area contributed by atoms with E-state index in [9.17, 15) is 16.8 Å². The van der Waals surface area contributed by atoms with Crippen molar-refractivity contribution < 1.29 is 51.0 Å². The Morgan fingerprint density at radius 2 is 1.03 bits per heavy atom. The number of sulfone groups is 2. The molecule has 0 saturated carbocycles. The Kier molecular flexibility index (Phi) is 6.63. The Morgan fingerprint density at radius 1 is 0.657 bits per heavy atom. The van der Waals surface area contributed by atoms with E-state index in [-0.39, 0.29) is 12.8 Å². The average Bonchev–Trinajstić information content (AvgIpc) is 3.45. The van der Waals surface area contributed by atoms with E-state index >= 15 is 17.6 Å². The van der Waals surface area contributed by atoms with Gasteiger partial charge in [0, 0.05) is 0 Å². The van der Waals surface area contributed by atoms with E-state index in [1.165, 1.54) is 12.2 Å². The van der Waals surface area contributed by atoms with Crippen LogP contribution in [0.4, 0.5) is 17.6 Å². The molecule has 184 valence electrons. The Labute approximate surface area is 204 Å². The van der Waals surface area contributed by atoms with Crippen LogP contribution in [0.3, 0.4) is 0 Å². The molecule has 4 rings (SSSR count). The SMILES string of the molecule is CS(=O)(=O)c1ccc(F)[c]([Ti]([C]2=CC=CC2)([C]2=CC=CC2)[c]2c(F)ccc(S(C)(=O)=O)c2F)c1F. The molecule has 2 aromatic rings. The van der Waals surface area contributed by atoms with Gasteiger partial charge in [0.15, 0.2) is 0 Å². The minimum atomic E-state index is -5.28. The maximum absolute atomic E-state index is 16.1. The number of hydrogen-bond donors (Lipinski definition) is 0. The van der Waals surface area contributed by atoms with Crippen LogP contribution >= 0.6 is 0 Å². The summed E-state index contributed by atoms with van der Waals surface area (Å²) in [5.41, 5.74) is 0. The summed E-state index contributed by atoms with van der Waals surface area (Å²) in [7, 11) is -8.36. The van der Waals surface area contributed by atoms with Gasteiger partial charge in [-0.15, -0.1) is 0 Å². The molecule has 2 aliphatic carbocycles. The Morgan fingerprint density at radius 3 is 1.31 bits per heavy atom. The van der Waals surface area contributed by atoms with Crippen molar-refractivity contribution in [3.8, 4) is 0 Å². The van der Waals surface area contributed by atoms with Gasteiger partial charge in [-0.1, -0.05) is 0 Å². The maximum atomic E-state index is 16.1. The van der Waals surface area contributed by atoms with Crippen LogP contribution in [-0.2, 0) is 36.3 Å². The van der Waals surface area contributed by atoms with Crippen molar-refractivity contribution in [3.05, 3.63) is 91.7 Å². The van der Waals surface area contributed by atoms with Crippen molar-refractivity contribution in [2.45, 2.75) is 22.6 Å². The zero-order chi connectivity index (χ0) is 25.8. The topological polar surface area (TPSA) is 68.3 Å². The molecular weight excluding hydrogens is 540 g/mol. The fourth-order valence-electron chi connectivity index (χ4n) is 4.75. The van der Waals surface area contributed by atoms with Crippen LogP contribution in [0.5, 0.6) is 0 Å². The average molecular weight is 560 g/mol. The molecule has 2 aliphatic rings. The normalized spacial score (nSPS) is 16.1.